The number of hydrogen-bond donors (Lipinski definition) is 1. The molecule has 0 saturated heterocycles. The smallest absolute Gasteiger partial charge is 0.267 e. The highest BCUT2D eigenvalue weighted by atomic mass is 32.2. The first-order valence-corrected chi connectivity index (χ1v) is 9.30. The maximum Gasteiger partial charge on any atom is 0.312 e. The molecule has 0 radical (unpaired) electrons. The van der Waals surface area contributed by atoms with Crippen LogP contribution in [-0.2, 0) is 10.0 Å². The summed E-state index contributed by atoms with van der Waals surface area (Å²) in [6.45, 7) is 1.64. The van der Waals surface area contributed by atoms with Gasteiger partial charge in [-0.15, -0.1) is 0 Å². The zero-order valence-corrected chi connectivity index (χ0v) is 14.2. The second-order valence-corrected chi connectivity index (χ2v) is 7.61. The second kappa shape index (κ2) is 5.97. The molecule has 0 saturated carbocycles. The van der Waals surface area contributed by atoms with Crippen molar-refractivity contribution in [3.8, 4) is 16.9 Å². The Morgan fingerprint density at radius 2 is 1.79 bits per heavy atom. The van der Waals surface area contributed by atoms with Crippen LogP contribution >= 0.6 is 11.3 Å². The Kier molecular flexibility index (Phi) is 4.12. The largest absolute Gasteiger partial charge is 0.312 e. The van der Waals surface area contributed by atoms with E-state index in [1.807, 2.05) is 0 Å². The quantitative estimate of drug-likeness (QED) is 0.776. The average Bonchev–Trinajstić information content (AvgIpc) is 2.91. The molecule has 0 bridgehead atoms. The van der Waals surface area contributed by atoms with Crippen LogP contribution in [0.1, 0.15) is 5.56 Å². The van der Waals surface area contributed by atoms with Crippen LogP contribution in [0.25, 0.3) is 16.9 Å². The molecule has 0 amide bonds. The SMILES string of the molecule is Cc1ccc(-n2c(-c3ccc(S(N)(=O)=O)cc3)csc2=O)cc1F. The summed E-state index contributed by atoms with van der Waals surface area (Å²) in [5, 5.41) is 6.72. The predicted molar refractivity (Wildman–Crippen MR) is 91.4 cm³/mol. The number of hydrogen-bond acceptors (Lipinski definition) is 4. The summed E-state index contributed by atoms with van der Waals surface area (Å²) in [6, 6.07) is 10.4. The van der Waals surface area contributed by atoms with Gasteiger partial charge in [-0.1, -0.05) is 29.5 Å². The fourth-order valence-corrected chi connectivity index (χ4v) is 3.57. The van der Waals surface area contributed by atoms with Crippen molar-refractivity contribution < 1.29 is 12.8 Å². The predicted octanol–water partition coefficient (Wildman–Crippen LogP) is 2.66. The summed E-state index contributed by atoms with van der Waals surface area (Å²) in [4.78, 5) is 11.9. The number of aryl methyl sites for hydroxylation is 1. The molecule has 0 aliphatic heterocycles. The highest BCUT2D eigenvalue weighted by Crippen LogP contribution is 2.25. The molecule has 3 rings (SSSR count). The van der Waals surface area contributed by atoms with Gasteiger partial charge in [0.1, 0.15) is 5.82 Å². The molecule has 2 N–H and O–H groups in total. The molecule has 124 valence electrons. The first-order chi connectivity index (χ1) is 11.3. The van der Waals surface area contributed by atoms with Crippen molar-refractivity contribution in [3.63, 3.8) is 0 Å². The highest BCUT2D eigenvalue weighted by Gasteiger charge is 2.14. The molecule has 3 aromatic rings. The molecule has 0 aliphatic rings. The van der Waals surface area contributed by atoms with Crippen molar-refractivity contribution in [3.05, 3.63) is 68.9 Å². The number of thiazole rings is 1. The van der Waals surface area contributed by atoms with Gasteiger partial charge in [-0.25, -0.2) is 17.9 Å². The molecule has 24 heavy (non-hydrogen) atoms. The lowest BCUT2D eigenvalue weighted by Crippen LogP contribution is -2.13. The molecular weight excluding hydrogens is 351 g/mol. The number of aromatic nitrogens is 1. The monoisotopic (exact) mass is 364 g/mol. The van der Waals surface area contributed by atoms with Gasteiger partial charge in [-0.3, -0.25) is 9.36 Å². The van der Waals surface area contributed by atoms with Crippen molar-refractivity contribution in [2.75, 3.05) is 0 Å². The minimum Gasteiger partial charge on any atom is -0.267 e. The molecule has 0 atom stereocenters. The van der Waals surface area contributed by atoms with E-state index in [1.54, 1.807) is 36.6 Å². The summed E-state index contributed by atoms with van der Waals surface area (Å²) in [6.07, 6.45) is 0. The van der Waals surface area contributed by atoms with Gasteiger partial charge in [0.2, 0.25) is 10.0 Å². The minimum atomic E-state index is -3.78. The van der Waals surface area contributed by atoms with Gasteiger partial charge in [0.15, 0.2) is 0 Å². The van der Waals surface area contributed by atoms with Crippen molar-refractivity contribution >= 4 is 21.4 Å². The van der Waals surface area contributed by atoms with E-state index in [2.05, 4.69) is 0 Å². The van der Waals surface area contributed by atoms with Crippen LogP contribution in [0, 0.1) is 12.7 Å². The van der Waals surface area contributed by atoms with Gasteiger partial charge in [0.25, 0.3) is 0 Å². The molecular formula is C16H13FN2O3S2. The molecule has 1 heterocycles. The van der Waals surface area contributed by atoms with E-state index in [4.69, 9.17) is 5.14 Å². The third-order valence-corrected chi connectivity index (χ3v) is 5.24. The fourth-order valence-electron chi connectivity index (χ4n) is 2.29. The van der Waals surface area contributed by atoms with Crippen molar-refractivity contribution in [1.29, 1.82) is 0 Å². The van der Waals surface area contributed by atoms with Gasteiger partial charge < -0.3 is 0 Å². The number of primary sulfonamides is 1. The lowest BCUT2D eigenvalue weighted by atomic mass is 10.1. The Bertz CT molecular complexity index is 1070. The Labute approximate surface area is 141 Å². The molecule has 0 fully saturated rings. The number of nitrogens with zero attached hydrogens (tertiary/aromatic N) is 1. The van der Waals surface area contributed by atoms with Gasteiger partial charge in [-0.05, 0) is 42.3 Å². The summed E-state index contributed by atoms with van der Waals surface area (Å²) < 4.78 is 37.9. The van der Waals surface area contributed by atoms with Crippen molar-refractivity contribution in [1.82, 2.24) is 4.57 Å². The van der Waals surface area contributed by atoms with Gasteiger partial charge in [0, 0.05) is 5.38 Å². The Morgan fingerprint density at radius 3 is 2.38 bits per heavy atom. The molecule has 0 aliphatic carbocycles. The topological polar surface area (TPSA) is 82.2 Å². The fraction of sp³-hybridized carbons (Fsp3) is 0.0625. The van der Waals surface area contributed by atoms with E-state index in [1.165, 1.54) is 22.8 Å². The van der Waals surface area contributed by atoms with E-state index >= 15 is 0 Å². The lowest BCUT2D eigenvalue weighted by Gasteiger charge is -2.09. The number of sulfonamides is 1. The van der Waals surface area contributed by atoms with Crippen LogP contribution in [0.3, 0.4) is 0 Å². The van der Waals surface area contributed by atoms with E-state index in [0.29, 0.717) is 22.5 Å². The lowest BCUT2D eigenvalue weighted by molar-refractivity contribution is 0.598. The summed E-state index contributed by atoms with van der Waals surface area (Å²) in [5.41, 5.74) is 2.08. The Hall–Kier alpha value is -2.29. The number of nitrogens with two attached hydrogens (primary N) is 1. The number of benzene rings is 2. The van der Waals surface area contributed by atoms with E-state index in [-0.39, 0.29) is 9.77 Å². The van der Waals surface area contributed by atoms with E-state index in [0.717, 1.165) is 11.3 Å². The van der Waals surface area contributed by atoms with E-state index < -0.39 is 15.8 Å². The standard InChI is InChI=1S/C16H13FN2O3S2/c1-10-2-5-12(8-14(10)17)19-15(9-23-16(19)20)11-3-6-13(7-4-11)24(18,21)22/h2-9H,1H3,(H2,18,21,22). The van der Waals surface area contributed by atoms with Crippen molar-refractivity contribution in [2.24, 2.45) is 5.14 Å². The zero-order chi connectivity index (χ0) is 17.5. The van der Waals surface area contributed by atoms with Crippen LogP contribution in [-0.4, -0.2) is 13.0 Å². The van der Waals surface area contributed by atoms with Gasteiger partial charge in [-0.2, -0.15) is 0 Å². The molecule has 8 heteroatoms. The first kappa shape index (κ1) is 16.6. The molecule has 5 nitrogen and oxygen atoms in total. The van der Waals surface area contributed by atoms with Crippen LogP contribution < -0.4 is 10.0 Å². The van der Waals surface area contributed by atoms with Gasteiger partial charge >= 0.3 is 4.87 Å². The highest BCUT2D eigenvalue weighted by molar-refractivity contribution is 7.89. The summed E-state index contributed by atoms with van der Waals surface area (Å²) in [5.74, 6) is -0.402. The third kappa shape index (κ3) is 3.03. The Balaban J connectivity index is 2.14. The number of rotatable bonds is 3. The summed E-state index contributed by atoms with van der Waals surface area (Å²) >= 11 is 0.983. The van der Waals surface area contributed by atoms with Gasteiger partial charge in [0.05, 0.1) is 16.3 Å². The maximum atomic E-state index is 13.8. The minimum absolute atomic E-state index is 0.0169. The molecule has 0 spiro atoms. The maximum absolute atomic E-state index is 13.8. The zero-order valence-electron chi connectivity index (χ0n) is 12.6. The van der Waals surface area contributed by atoms with Crippen molar-refractivity contribution in [2.45, 2.75) is 11.8 Å². The van der Waals surface area contributed by atoms with Crippen LogP contribution in [0.5, 0.6) is 0 Å². The average molecular weight is 364 g/mol. The summed E-state index contributed by atoms with van der Waals surface area (Å²) in [7, 11) is -3.78. The van der Waals surface area contributed by atoms with E-state index in [9.17, 15) is 17.6 Å². The molecule has 2 aromatic carbocycles. The van der Waals surface area contributed by atoms with Crippen LogP contribution in [0.4, 0.5) is 4.39 Å². The van der Waals surface area contributed by atoms with Crippen LogP contribution in [0.2, 0.25) is 0 Å². The molecule has 1 aromatic heterocycles. The third-order valence-electron chi connectivity index (χ3n) is 3.59. The van der Waals surface area contributed by atoms with Crippen LogP contribution in [0.15, 0.2) is 57.5 Å². The first-order valence-electron chi connectivity index (χ1n) is 6.87. The molecule has 0 unspecified atom stereocenters. The normalized spacial score (nSPS) is 11.6. The second-order valence-electron chi connectivity index (χ2n) is 5.23. The Morgan fingerprint density at radius 1 is 1.12 bits per heavy atom. The number of halogens is 1.